The fourth-order valence-corrected chi connectivity index (χ4v) is 3.99. The van der Waals surface area contributed by atoms with Crippen LogP contribution in [0.4, 0.5) is 0 Å². The third-order valence-corrected chi connectivity index (χ3v) is 4.97. The van der Waals surface area contributed by atoms with Crippen molar-refractivity contribution in [3.05, 3.63) is 0 Å². The first-order valence-electron chi connectivity index (χ1n) is 4.01. The second-order valence-electron chi connectivity index (χ2n) is 3.19. The molecule has 1 saturated carbocycles. The highest BCUT2D eigenvalue weighted by Crippen LogP contribution is 2.29. The molecule has 2 unspecified atom stereocenters. The second-order valence-corrected chi connectivity index (χ2v) is 5.97. The van der Waals surface area contributed by atoms with Crippen molar-refractivity contribution in [1.82, 2.24) is 0 Å². The van der Waals surface area contributed by atoms with Gasteiger partial charge in [-0.3, -0.25) is 4.79 Å². The molecule has 0 spiro atoms. The van der Waals surface area contributed by atoms with E-state index in [2.05, 4.69) is 0 Å². The molecule has 13 heavy (non-hydrogen) atoms. The van der Waals surface area contributed by atoms with Gasteiger partial charge < -0.3 is 5.11 Å². The quantitative estimate of drug-likeness (QED) is 0.718. The maximum absolute atomic E-state index is 11.4. The van der Waals surface area contributed by atoms with E-state index in [0.717, 1.165) is 6.42 Å². The number of aliphatic carboxylic acids is 1. The summed E-state index contributed by atoms with van der Waals surface area (Å²) in [6.07, 6.45) is 1.91. The van der Waals surface area contributed by atoms with Gasteiger partial charge in [0.25, 0.3) is 0 Å². The average molecular weight is 227 g/mol. The highest BCUT2D eigenvalue weighted by molar-refractivity contribution is 7.92. The van der Waals surface area contributed by atoms with Crippen LogP contribution >= 0.6 is 11.6 Å². The maximum Gasteiger partial charge on any atom is 0.318 e. The van der Waals surface area contributed by atoms with E-state index in [9.17, 15) is 13.2 Å². The summed E-state index contributed by atoms with van der Waals surface area (Å²) >= 11 is 5.77. The standard InChI is InChI=1S/C7H11ClO4S/c8-5-2-1-3-6(5)13(11,12)4-7(9)10/h5-6H,1-4H2,(H,9,10). The number of carboxylic acid groups (broad SMARTS) is 1. The Morgan fingerprint density at radius 3 is 2.46 bits per heavy atom. The van der Waals surface area contributed by atoms with Crippen molar-refractivity contribution in [3.8, 4) is 0 Å². The van der Waals surface area contributed by atoms with Crippen molar-refractivity contribution in [2.24, 2.45) is 0 Å². The topological polar surface area (TPSA) is 71.4 Å². The Morgan fingerprint density at radius 1 is 1.46 bits per heavy atom. The summed E-state index contributed by atoms with van der Waals surface area (Å²) in [5, 5.41) is 7.30. The lowest BCUT2D eigenvalue weighted by molar-refractivity contribution is -0.134. The van der Waals surface area contributed by atoms with Gasteiger partial charge in [0.15, 0.2) is 9.84 Å². The smallest absolute Gasteiger partial charge is 0.318 e. The molecule has 1 aliphatic rings. The molecule has 0 saturated heterocycles. The van der Waals surface area contributed by atoms with E-state index >= 15 is 0 Å². The van der Waals surface area contributed by atoms with Crippen LogP contribution in [0.2, 0.25) is 0 Å². The third kappa shape index (κ3) is 2.57. The number of halogens is 1. The summed E-state index contributed by atoms with van der Waals surface area (Å²) in [5.74, 6) is -2.11. The van der Waals surface area contributed by atoms with Crippen LogP contribution in [0.25, 0.3) is 0 Å². The SMILES string of the molecule is O=C(O)CS(=O)(=O)C1CCCC1Cl. The zero-order chi connectivity index (χ0) is 10.1. The van der Waals surface area contributed by atoms with Gasteiger partial charge in [0.2, 0.25) is 0 Å². The van der Waals surface area contributed by atoms with Gasteiger partial charge >= 0.3 is 5.97 Å². The first kappa shape index (κ1) is 10.8. The summed E-state index contributed by atoms with van der Waals surface area (Å²) in [4.78, 5) is 10.3. The molecule has 0 bridgehead atoms. The number of carbonyl (C=O) groups is 1. The van der Waals surface area contributed by atoms with E-state index in [-0.39, 0.29) is 0 Å². The van der Waals surface area contributed by atoms with Crippen LogP contribution in [0.3, 0.4) is 0 Å². The first-order chi connectivity index (χ1) is 5.93. The molecule has 0 heterocycles. The van der Waals surface area contributed by atoms with E-state index in [1.807, 2.05) is 0 Å². The minimum Gasteiger partial charge on any atom is -0.480 e. The molecule has 1 fully saturated rings. The zero-order valence-corrected chi connectivity index (χ0v) is 8.51. The van der Waals surface area contributed by atoms with Crippen LogP contribution in [-0.2, 0) is 14.6 Å². The summed E-state index contributed by atoms with van der Waals surface area (Å²) in [6.45, 7) is 0. The van der Waals surface area contributed by atoms with Gasteiger partial charge in [0, 0.05) is 0 Å². The predicted octanol–water partition coefficient (Wildman–Crippen LogP) is 0.646. The van der Waals surface area contributed by atoms with Crippen molar-refractivity contribution >= 4 is 27.4 Å². The van der Waals surface area contributed by atoms with Gasteiger partial charge in [-0.2, -0.15) is 0 Å². The van der Waals surface area contributed by atoms with Gasteiger partial charge in [-0.25, -0.2) is 8.42 Å². The number of hydrogen-bond acceptors (Lipinski definition) is 3. The Labute approximate surface area is 81.8 Å². The van der Waals surface area contributed by atoms with Crippen molar-refractivity contribution < 1.29 is 18.3 Å². The molecular weight excluding hydrogens is 216 g/mol. The fourth-order valence-electron chi connectivity index (χ4n) is 1.56. The van der Waals surface area contributed by atoms with Gasteiger partial charge in [0.1, 0.15) is 5.75 Å². The molecule has 4 nitrogen and oxygen atoms in total. The summed E-state index contributed by atoms with van der Waals surface area (Å²) < 4.78 is 22.8. The van der Waals surface area contributed by atoms with E-state index in [0.29, 0.717) is 12.8 Å². The van der Waals surface area contributed by atoms with E-state index < -0.39 is 32.2 Å². The Kier molecular flexibility index (Phi) is 3.18. The van der Waals surface area contributed by atoms with Crippen molar-refractivity contribution in [3.63, 3.8) is 0 Å². The summed E-state index contributed by atoms with van der Waals surface area (Å²) in [5.41, 5.74) is 0. The van der Waals surface area contributed by atoms with Crippen molar-refractivity contribution in [2.45, 2.75) is 29.9 Å². The zero-order valence-electron chi connectivity index (χ0n) is 6.94. The Morgan fingerprint density at radius 2 is 2.08 bits per heavy atom. The number of alkyl halides is 1. The lowest BCUT2D eigenvalue weighted by atomic mass is 10.4. The number of carboxylic acids is 1. The van der Waals surface area contributed by atoms with E-state index in [1.165, 1.54) is 0 Å². The molecule has 76 valence electrons. The fraction of sp³-hybridized carbons (Fsp3) is 0.857. The second kappa shape index (κ2) is 3.84. The molecule has 0 aromatic rings. The van der Waals surface area contributed by atoms with Gasteiger partial charge in [-0.1, -0.05) is 6.42 Å². The lowest BCUT2D eigenvalue weighted by Crippen LogP contribution is -2.31. The number of sulfone groups is 1. The van der Waals surface area contributed by atoms with E-state index in [1.54, 1.807) is 0 Å². The number of hydrogen-bond donors (Lipinski definition) is 1. The molecule has 6 heteroatoms. The molecule has 2 atom stereocenters. The number of rotatable bonds is 3. The average Bonchev–Trinajstić information content (AvgIpc) is 2.32. The minimum atomic E-state index is -3.54. The summed E-state index contributed by atoms with van der Waals surface area (Å²) in [6, 6.07) is 0. The van der Waals surface area contributed by atoms with Crippen LogP contribution in [0, 0.1) is 0 Å². The van der Waals surface area contributed by atoms with Crippen molar-refractivity contribution in [1.29, 1.82) is 0 Å². The molecule has 1 rings (SSSR count). The monoisotopic (exact) mass is 226 g/mol. The van der Waals surface area contributed by atoms with Crippen LogP contribution < -0.4 is 0 Å². The van der Waals surface area contributed by atoms with Crippen LogP contribution in [0.5, 0.6) is 0 Å². The molecule has 0 aromatic heterocycles. The molecular formula is C7H11ClO4S. The Bertz CT molecular complexity index is 298. The molecule has 0 aromatic carbocycles. The summed E-state index contributed by atoms with van der Waals surface area (Å²) in [7, 11) is -3.54. The van der Waals surface area contributed by atoms with Crippen LogP contribution in [0.15, 0.2) is 0 Å². The molecule has 0 amide bonds. The van der Waals surface area contributed by atoms with Gasteiger partial charge in [-0.05, 0) is 12.8 Å². The molecule has 0 radical (unpaired) electrons. The minimum absolute atomic E-state index is 0.413. The van der Waals surface area contributed by atoms with Crippen LogP contribution in [-0.4, -0.2) is 35.9 Å². The first-order valence-corrected chi connectivity index (χ1v) is 6.16. The molecule has 1 aliphatic carbocycles. The van der Waals surface area contributed by atoms with Gasteiger partial charge in [0.05, 0.1) is 10.6 Å². The van der Waals surface area contributed by atoms with Gasteiger partial charge in [-0.15, -0.1) is 11.6 Å². The Balaban J connectivity index is 2.74. The highest BCUT2D eigenvalue weighted by atomic mass is 35.5. The van der Waals surface area contributed by atoms with E-state index in [4.69, 9.17) is 16.7 Å². The lowest BCUT2D eigenvalue weighted by Gasteiger charge is -2.12. The Hall–Kier alpha value is -0.290. The van der Waals surface area contributed by atoms with Crippen LogP contribution in [0.1, 0.15) is 19.3 Å². The van der Waals surface area contributed by atoms with Crippen molar-refractivity contribution in [2.75, 3.05) is 5.75 Å². The predicted molar refractivity (Wildman–Crippen MR) is 48.7 cm³/mol. The maximum atomic E-state index is 11.4. The highest BCUT2D eigenvalue weighted by Gasteiger charge is 2.37. The largest absolute Gasteiger partial charge is 0.480 e. The molecule has 0 aliphatic heterocycles. The molecule has 1 N–H and O–H groups in total. The normalized spacial score (nSPS) is 29.0. The third-order valence-electron chi connectivity index (χ3n) is 2.16.